The van der Waals surface area contributed by atoms with Crippen molar-refractivity contribution in [2.75, 3.05) is 13.2 Å². The van der Waals surface area contributed by atoms with Gasteiger partial charge in [-0.05, 0) is 43.5 Å². The minimum absolute atomic E-state index is 0.125. The maximum absolute atomic E-state index is 13.0. The molecule has 1 aromatic carbocycles. The molecule has 2 rings (SSSR count). The molecule has 0 aromatic heterocycles. The van der Waals surface area contributed by atoms with Crippen LogP contribution in [-0.4, -0.2) is 25.2 Å². The number of rotatable bonds is 3. The number of halogens is 1. The average Bonchev–Trinajstić information content (AvgIpc) is 2.82. The minimum Gasteiger partial charge on any atom is -0.376 e. The van der Waals surface area contributed by atoms with Crippen molar-refractivity contribution in [1.82, 2.24) is 5.32 Å². The fraction of sp³-hybridized carbons (Fsp3) is 0.462. The van der Waals surface area contributed by atoms with Gasteiger partial charge < -0.3 is 10.1 Å². The second kappa shape index (κ2) is 5.27. The Morgan fingerprint density at radius 1 is 1.59 bits per heavy atom. The molecule has 1 atom stereocenters. The predicted molar refractivity (Wildman–Crippen MR) is 62.4 cm³/mol. The first-order valence-corrected chi connectivity index (χ1v) is 5.83. The van der Waals surface area contributed by atoms with Crippen LogP contribution in [0.2, 0.25) is 0 Å². The normalized spacial score (nSPS) is 19.3. The molecule has 0 radical (unpaired) electrons. The molecule has 17 heavy (non-hydrogen) atoms. The van der Waals surface area contributed by atoms with E-state index in [1.807, 2.05) is 0 Å². The molecule has 0 saturated carbocycles. The summed E-state index contributed by atoms with van der Waals surface area (Å²) in [6.07, 6.45) is 2.17. The Kier molecular flexibility index (Phi) is 3.74. The number of ether oxygens (including phenoxy) is 1. The highest BCUT2D eigenvalue weighted by Crippen LogP contribution is 2.12. The number of aryl methyl sites for hydroxylation is 1. The summed E-state index contributed by atoms with van der Waals surface area (Å²) in [4.78, 5) is 11.8. The van der Waals surface area contributed by atoms with Gasteiger partial charge in [0.1, 0.15) is 5.82 Å². The SMILES string of the molecule is Cc1cc(C(=O)NCC2CCCO2)ccc1F. The van der Waals surface area contributed by atoms with Gasteiger partial charge in [-0.2, -0.15) is 0 Å². The van der Waals surface area contributed by atoms with Crippen LogP contribution in [0.5, 0.6) is 0 Å². The Labute approximate surface area is 100.0 Å². The van der Waals surface area contributed by atoms with E-state index in [4.69, 9.17) is 4.74 Å². The molecule has 1 aliphatic rings. The zero-order valence-corrected chi connectivity index (χ0v) is 9.83. The summed E-state index contributed by atoms with van der Waals surface area (Å²) in [6.45, 7) is 2.94. The molecular weight excluding hydrogens is 221 g/mol. The van der Waals surface area contributed by atoms with Crippen molar-refractivity contribution < 1.29 is 13.9 Å². The molecule has 1 unspecified atom stereocenters. The first kappa shape index (κ1) is 12.0. The summed E-state index contributed by atoms with van der Waals surface area (Å²) in [7, 11) is 0. The van der Waals surface area contributed by atoms with Gasteiger partial charge in [-0.1, -0.05) is 0 Å². The van der Waals surface area contributed by atoms with Crippen LogP contribution in [0.3, 0.4) is 0 Å². The highest BCUT2D eigenvalue weighted by molar-refractivity contribution is 5.94. The largest absolute Gasteiger partial charge is 0.376 e. The van der Waals surface area contributed by atoms with E-state index in [0.29, 0.717) is 17.7 Å². The molecule has 1 aliphatic heterocycles. The molecule has 1 heterocycles. The number of benzene rings is 1. The van der Waals surface area contributed by atoms with Crippen LogP contribution in [0.15, 0.2) is 18.2 Å². The van der Waals surface area contributed by atoms with E-state index in [1.54, 1.807) is 13.0 Å². The van der Waals surface area contributed by atoms with Gasteiger partial charge in [-0.3, -0.25) is 4.79 Å². The van der Waals surface area contributed by atoms with E-state index in [1.165, 1.54) is 12.1 Å². The quantitative estimate of drug-likeness (QED) is 0.873. The molecule has 0 bridgehead atoms. The van der Waals surface area contributed by atoms with Crippen LogP contribution in [0.25, 0.3) is 0 Å². The van der Waals surface area contributed by atoms with Crippen molar-refractivity contribution in [2.24, 2.45) is 0 Å². The second-order valence-electron chi connectivity index (χ2n) is 4.31. The predicted octanol–water partition coefficient (Wildman–Crippen LogP) is 2.04. The summed E-state index contributed by atoms with van der Waals surface area (Å²) in [6, 6.07) is 4.36. The molecule has 1 saturated heterocycles. The second-order valence-corrected chi connectivity index (χ2v) is 4.31. The summed E-state index contributed by atoms with van der Waals surface area (Å²) in [5.41, 5.74) is 0.969. The highest BCUT2D eigenvalue weighted by Gasteiger charge is 2.16. The summed E-state index contributed by atoms with van der Waals surface area (Å²) in [5.74, 6) is -0.468. The highest BCUT2D eigenvalue weighted by atomic mass is 19.1. The molecule has 4 heteroatoms. The van der Waals surface area contributed by atoms with Crippen LogP contribution >= 0.6 is 0 Å². The van der Waals surface area contributed by atoms with Crippen LogP contribution in [0.4, 0.5) is 4.39 Å². The lowest BCUT2D eigenvalue weighted by Gasteiger charge is -2.11. The topological polar surface area (TPSA) is 38.3 Å². The number of hydrogen-bond donors (Lipinski definition) is 1. The molecule has 0 aliphatic carbocycles. The van der Waals surface area contributed by atoms with Gasteiger partial charge in [0.15, 0.2) is 0 Å². The van der Waals surface area contributed by atoms with Crippen LogP contribution in [0, 0.1) is 12.7 Å². The summed E-state index contributed by atoms with van der Waals surface area (Å²) < 4.78 is 18.4. The Morgan fingerprint density at radius 2 is 2.41 bits per heavy atom. The Balaban J connectivity index is 1.92. The number of nitrogens with one attached hydrogen (secondary N) is 1. The average molecular weight is 237 g/mol. The molecule has 1 N–H and O–H groups in total. The first-order valence-electron chi connectivity index (χ1n) is 5.83. The van der Waals surface area contributed by atoms with E-state index >= 15 is 0 Å². The summed E-state index contributed by atoms with van der Waals surface area (Å²) in [5, 5.41) is 2.80. The lowest BCUT2D eigenvalue weighted by molar-refractivity contribution is 0.0857. The Hall–Kier alpha value is -1.42. The van der Waals surface area contributed by atoms with Crippen molar-refractivity contribution in [3.63, 3.8) is 0 Å². The van der Waals surface area contributed by atoms with Gasteiger partial charge in [-0.15, -0.1) is 0 Å². The monoisotopic (exact) mass is 237 g/mol. The Bertz CT molecular complexity index is 414. The number of carbonyl (C=O) groups is 1. The van der Waals surface area contributed by atoms with Gasteiger partial charge >= 0.3 is 0 Å². The maximum Gasteiger partial charge on any atom is 0.251 e. The standard InChI is InChI=1S/C13H16FNO2/c1-9-7-10(4-5-12(9)14)13(16)15-8-11-3-2-6-17-11/h4-5,7,11H,2-3,6,8H2,1H3,(H,15,16). The zero-order chi connectivity index (χ0) is 12.3. The fourth-order valence-corrected chi connectivity index (χ4v) is 1.90. The van der Waals surface area contributed by atoms with Gasteiger partial charge in [0.05, 0.1) is 6.10 Å². The van der Waals surface area contributed by atoms with Crippen molar-refractivity contribution in [1.29, 1.82) is 0 Å². The first-order chi connectivity index (χ1) is 8.16. The third-order valence-electron chi connectivity index (χ3n) is 2.93. The molecular formula is C13H16FNO2. The fourth-order valence-electron chi connectivity index (χ4n) is 1.90. The van der Waals surface area contributed by atoms with Gasteiger partial charge in [0.25, 0.3) is 5.91 Å². The molecule has 1 amide bonds. The van der Waals surface area contributed by atoms with Crippen molar-refractivity contribution >= 4 is 5.91 Å². The maximum atomic E-state index is 13.0. The van der Waals surface area contributed by atoms with Gasteiger partial charge in [-0.25, -0.2) is 4.39 Å². The molecule has 1 aromatic rings. The van der Waals surface area contributed by atoms with E-state index in [9.17, 15) is 9.18 Å². The van der Waals surface area contributed by atoms with Crippen molar-refractivity contribution in [2.45, 2.75) is 25.9 Å². The van der Waals surface area contributed by atoms with Crippen molar-refractivity contribution in [3.8, 4) is 0 Å². The van der Waals surface area contributed by atoms with E-state index in [0.717, 1.165) is 19.4 Å². The smallest absolute Gasteiger partial charge is 0.251 e. The number of amides is 1. The molecule has 92 valence electrons. The molecule has 0 spiro atoms. The van der Waals surface area contributed by atoms with Crippen molar-refractivity contribution in [3.05, 3.63) is 35.1 Å². The summed E-state index contributed by atoms with van der Waals surface area (Å²) >= 11 is 0. The lowest BCUT2D eigenvalue weighted by atomic mass is 10.1. The van der Waals surface area contributed by atoms with E-state index < -0.39 is 0 Å². The third kappa shape index (κ3) is 3.03. The lowest BCUT2D eigenvalue weighted by Crippen LogP contribution is -2.31. The van der Waals surface area contributed by atoms with Crippen LogP contribution in [-0.2, 0) is 4.74 Å². The third-order valence-corrected chi connectivity index (χ3v) is 2.93. The Morgan fingerprint density at radius 3 is 3.06 bits per heavy atom. The zero-order valence-electron chi connectivity index (χ0n) is 9.83. The number of hydrogen-bond acceptors (Lipinski definition) is 2. The number of carbonyl (C=O) groups excluding carboxylic acids is 1. The minimum atomic E-state index is -0.291. The van der Waals surface area contributed by atoms with E-state index in [-0.39, 0.29) is 17.8 Å². The van der Waals surface area contributed by atoms with Crippen LogP contribution in [0.1, 0.15) is 28.8 Å². The van der Waals surface area contributed by atoms with Gasteiger partial charge in [0.2, 0.25) is 0 Å². The van der Waals surface area contributed by atoms with E-state index in [2.05, 4.69) is 5.32 Å². The van der Waals surface area contributed by atoms with Crippen LogP contribution < -0.4 is 5.32 Å². The molecule has 3 nitrogen and oxygen atoms in total. The molecule has 1 fully saturated rings. The van der Waals surface area contributed by atoms with Gasteiger partial charge in [0, 0.05) is 18.7 Å².